The van der Waals surface area contributed by atoms with Gasteiger partial charge in [0, 0.05) is 44.2 Å². The van der Waals surface area contributed by atoms with Crippen molar-refractivity contribution in [1.82, 2.24) is 15.5 Å². The second-order valence-corrected chi connectivity index (χ2v) is 7.56. The number of nitrogens with zero attached hydrogens (tertiary/aromatic N) is 1. The Morgan fingerprint density at radius 1 is 1.03 bits per heavy atom. The summed E-state index contributed by atoms with van der Waals surface area (Å²) in [5.41, 5.74) is 1.32. The Morgan fingerprint density at radius 3 is 2.31 bits per heavy atom. The van der Waals surface area contributed by atoms with E-state index in [-0.39, 0.29) is 11.8 Å². The van der Waals surface area contributed by atoms with Crippen molar-refractivity contribution in [3.05, 3.63) is 59.7 Å². The zero-order valence-corrected chi connectivity index (χ0v) is 18.6. The number of ether oxygens (including phenoxy) is 3. The maximum Gasteiger partial charge on any atom is 0.252 e. The third kappa shape index (κ3) is 6.96. The molecule has 1 saturated heterocycles. The zero-order chi connectivity index (χ0) is 22.8. The van der Waals surface area contributed by atoms with Crippen LogP contribution in [0.3, 0.4) is 0 Å². The Kier molecular flexibility index (Phi) is 8.89. The molecular formula is C24H31N3O5. The molecule has 1 heterocycles. The molecule has 1 atom stereocenters. The SMILES string of the molecule is COc1cc(OC)cc(C(=O)NC(Cc2ccccc2)C(=O)NCCN2CCOCC2)c1. The molecule has 0 spiro atoms. The minimum Gasteiger partial charge on any atom is -0.497 e. The highest BCUT2D eigenvalue weighted by Crippen LogP contribution is 2.22. The van der Waals surface area contributed by atoms with Crippen molar-refractivity contribution in [1.29, 1.82) is 0 Å². The Balaban J connectivity index is 1.67. The number of morpholine rings is 1. The Hall–Kier alpha value is -3.10. The van der Waals surface area contributed by atoms with E-state index in [1.807, 2.05) is 30.3 Å². The summed E-state index contributed by atoms with van der Waals surface area (Å²) in [6.45, 7) is 4.39. The summed E-state index contributed by atoms with van der Waals surface area (Å²) >= 11 is 0. The van der Waals surface area contributed by atoms with Crippen molar-refractivity contribution in [3.63, 3.8) is 0 Å². The molecule has 8 heteroatoms. The van der Waals surface area contributed by atoms with Crippen LogP contribution in [-0.2, 0) is 16.0 Å². The number of amides is 2. The number of hydrogen-bond acceptors (Lipinski definition) is 6. The van der Waals surface area contributed by atoms with Crippen LogP contribution in [-0.4, -0.2) is 76.4 Å². The Bertz CT molecular complexity index is 862. The number of nitrogens with one attached hydrogen (secondary N) is 2. The molecule has 2 aromatic carbocycles. The van der Waals surface area contributed by atoms with Crippen LogP contribution in [0.15, 0.2) is 48.5 Å². The number of rotatable bonds is 10. The molecule has 172 valence electrons. The molecule has 0 saturated carbocycles. The second-order valence-electron chi connectivity index (χ2n) is 7.56. The van der Waals surface area contributed by atoms with E-state index in [9.17, 15) is 9.59 Å². The molecule has 1 unspecified atom stereocenters. The molecule has 1 aliphatic heterocycles. The average molecular weight is 442 g/mol. The third-order valence-electron chi connectivity index (χ3n) is 5.35. The molecule has 3 rings (SSSR count). The maximum atomic E-state index is 13.0. The van der Waals surface area contributed by atoms with Crippen LogP contribution in [0.2, 0.25) is 0 Å². The smallest absolute Gasteiger partial charge is 0.252 e. The fourth-order valence-corrected chi connectivity index (χ4v) is 3.52. The van der Waals surface area contributed by atoms with Gasteiger partial charge in [-0.05, 0) is 17.7 Å². The van der Waals surface area contributed by atoms with Crippen LogP contribution < -0.4 is 20.1 Å². The number of hydrogen-bond donors (Lipinski definition) is 2. The minimum atomic E-state index is -0.716. The van der Waals surface area contributed by atoms with Gasteiger partial charge in [0.05, 0.1) is 27.4 Å². The maximum absolute atomic E-state index is 13.0. The first-order valence-electron chi connectivity index (χ1n) is 10.7. The molecule has 2 N–H and O–H groups in total. The Labute approximate surface area is 188 Å². The average Bonchev–Trinajstić information content (AvgIpc) is 2.84. The molecule has 0 aliphatic carbocycles. The van der Waals surface area contributed by atoms with Crippen LogP contribution in [0.25, 0.3) is 0 Å². The van der Waals surface area contributed by atoms with Gasteiger partial charge in [-0.15, -0.1) is 0 Å². The molecule has 32 heavy (non-hydrogen) atoms. The first-order valence-corrected chi connectivity index (χ1v) is 10.7. The van der Waals surface area contributed by atoms with Gasteiger partial charge in [0.15, 0.2) is 0 Å². The van der Waals surface area contributed by atoms with Crippen molar-refractivity contribution in [3.8, 4) is 11.5 Å². The van der Waals surface area contributed by atoms with E-state index < -0.39 is 6.04 Å². The quantitative estimate of drug-likeness (QED) is 0.581. The predicted octanol–water partition coefficient (Wildman–Crippen LogP) is 1.49. The highest BCUT2D eigenvalue weighted by Gasteiger charge is 2.23. The van der Waals surface area contributed by atoms with E-state index in [0.717, 1.165) is 25.2 Å². The standard InChI is InChI=1S/C24H31N3O5/c1-30-20-15-19(16-21(17-20)31-2)23(28)26-22(14-18-6-4-3-5-7-18)24(29)25-8-9-27-10-12-32-13-11-27/h3-7,15-17,22H,8-14H2,1-2H3,(H,25,29)(H,26,28). The zero-order valence-electron chi connectivity index (χ0n) is 18.6. The summed E-state index contributed by atoms with van der Waals surface area (Å²) in [6.07, 6.45) is 0.386. The van der Waals surface area contributed by atoms with E-state index in [1.165, 1.54) is 14.2 Å². The number of carbonyl (C=O) groups is 2. The van der Waals surface area contributed by atoms with Crippen molar-refractivity contribution in [2.24, 2.45) is 0 Å². The van der Waals surface area contributed by atoms with Crippen LogP contribution >= 0.6 is 0 Å². The summed E-state index contributed by atoms with van der Waals surface area (Å²) in [7, 11) is 3.05. The summed E-state index contributed by atoms with van der Waals surface area (Å²) in [5, 5.41) is 5.84. The van der Waals surface area contributed by atoms with E-state index in [1.54, 1.807) is 18.2 Å². The molecule has 2 amide bonds. The molecule has 0 bridgehead atoms. The summed E-state index contributed by atoms with van der Waals surface area (Å²) in [6, 6.07) is 13.8. The largest absolute Gasteiger partial charge is 0.497 e. The van der Waals surface area contributed by atoms with Gasteiger partial charge in [-0.3, -0.25) is 14.5 Å². The lowest BCUT2D eigenvalue weighted by atomic mass is 10.0. The monoisotopic (exact) mass is 441 g/mol. The molecule has 1 aliphatic rings. The van der Waals surface area contributed by atoms with Crippen LogP contribution in [0.4, 0.5) is 0 Å². The molecule has 1 fully saturated rings. The van der Waals surface area contributed by atoms with Gasteiger partial charge in [-0.2, -0.15) is 0 Å². The van der Waals surface area contributed by atoms with Gasteiger partial charge in [-0.25, -0.2) is 0 Å². The fourth-order valence-electron chi connectivity index (χ4n) is 3.52. The summed E-state index contributed by atoms with van der Waals surface area (Å²) in [4.78, 5) is 28.2. The van der Waals surface area contributed by atoms with Crippen molar-refractivity contribution >= 4 is 11.8 Å². The first kappa shape index (κ1) is 23.6. The van der Waals surface area contributed by atoms with Crippen LogP contribution in [0.1, 0.15) is 15.9 Å². The Morgan fingerprint density at radius 2 is 1.69 bits per heavy atom. The van der Waals surface area contributed by atoms with Gasteiger partial charge in [0.1, 0.15) is 17.5 Å². The summed E-state index contributed by atoms with van der Waals surface area (Å²) < 4.78 is 15.9. The fraction of sp³-hybridized carbons (Fsp3) is 0.417. The topological polar surface area (TPSA) is 89.1 Å². The minimum absolute atomic E-state index is 0.217. The van der Waals surface area contributed by atoms with Crippen LogP contribution in [0, 0.1) is 0 Å². The van der Waals surface area contributed by atoms with Crippen molar-refractivity contribution in [2.75, 3.05) is 53.6 Å². The van der Waals surface area contributed by atoms with Gasteiger partial charge in [0.2, 0.25) is 5.91 Å². The lowest BCUT2D eigenvalue weighted by molar-refractivity contribution is -0.123. The first-order chi connectivity index (χ1) is 15.6. The highest BCUT2D eigenvalue weighted by molar-refractivity contribution is 5.98. The normalized spacial score (nSPS) is 14.9. The van der Waals surface area contributed by atoms with E-state index >= 15 is 0 Å². The summed E-state index contributed by atoms with van der Waals surface area (Å²) in [5.74, 6) is 0.421. The molecule has 8 nitrogen and oxygen atoms in total. The lowest BCUT2D eigenvalue weighted by Crippen LogP contribution is -2.50. The third-order valence-corrected chi connectivity index (χ3v) is 5.35. The van der Waals surface area contributed by atoms with E-state index in [2.05, 4.69) is 15.5 Å². The second kappa shape index (κ2) is 12.1. The highest BCUT2D eigenvalue weighted by atomic mass is 16.5. The number of methoxy groups -OCH3 is 2. The van der Waals surface area contributed by atoms with E-state index in [0.29, 0.717) is 43.2 Å². The molecule has 2 aromatic rings. The lowest BCUT2D eigenvalue weighted by Gasteiger charge is -2.27. The number of carbonyl (C=O) groups excluding carboxylic acids is 2. The molecule has 0 radical (unpaired) electrons. The van der Waals surface area contributed by atoms with Gasteiger partial charge in [0.25, 0.3) is 5.91 Å². The van der Waals surface area contributed by atoms with Gasteiger partial charge < -0.3 is 24.8 Å². The molecular weight excluding hydrogens is 410 g/mol. The van der Waals surface area contributed by atoms with Gasteiger partial charge >= 0.3 is 0 Å². The van der Waals surface area contributed by atoms with Crippen molar-refractivity contribution in [2.45, 2.75) is 12.5 Å². The predicted molar refractivity (Wildman–Crippen MR) is 121 cm³/mol. The van der Waals surface area contributed by atoms with Gasteiger partial charge in [-0.1, -0.05) is 30.3 Å². The molecule has 0 aromatic heterocycles. The van der Waals surface area contributed by atoms with E-state index in [4.69, 9.17) is 14.2 Å². The van der Waals surface area contributed by atoms with Crippen molar-refractivity contribution < 1.29 is 23.8 Å². The number of benzene rings is 2. The van der Waals surface area contributed by atoms with Crippen LogP contribution in [0.5, 0.6) is 11.5 Å².